The average Bonchev–Trinajstić information content (AvgIpc) is 2.48. The van der Waals surface area contributed by atoms with Crippen molar-refractivity contribution in [1.29, 1.82) is 0 Å². The highest BCUT2D eigenvalue weighted by atomic mass is 35.5. The lowest BCUT2D eigenvalue weighted by molar-refractivity contribution is -0.125. The van der Waals surface area contributed by atoms with E-state index in [0.29, 0.717) is 11.6 Å². The number of halogens is 1. The summed E-state index contributed by atoms with van der Waals surface area (Å²) in [4.78, 5) is 23.0. The van der Waals surface area contributed by atoms with Gasteiger partial charge < -0.3 is 16.0 Å². The van der Waals surface area contributed by atoms with Crippen LogP contribution in [0.2, 0.25) is 5.02 Å². The Kier molecular flexibility index (Phi) is 7.79. The molecule has 6 heteroatoms. The quantitative estimate of drug-likeness (QED) is 0.683. The molecule has 0 saturated heterocycles. The second-order valence-corrected chi connectivity index (χ2v) is 5.22. The molecule has 1 aromatic carbocycles. The molecule has 1 aromatic rings. The van der Waals surface area contributed by atoms with Gasteiger partial charge in [0.05, 0.1) is 13.1 Å². The third kappa shape index (κ3) is 7.11. The molecule has 0 spiro atoms. The van der Waals surface area contributed by atoms with Crippen LogP contribution < -0.4 is 16.0 Å². The third-order valence-electron chi connectivity index (χ3n) is 2.94. The summed E-state index contributed by atoms with van der Waals surface area (Å²) >= 11 is 5.93. The minimum absolute atomic E-state index is 0.00312. The molecule has 0 aliphatic rings. The monoisotopic (exact) mass is 311 g/mol. The standard InChI is InChI=1S/C15H22ClN3O2/c1-3-7-17-14(20)10-19-15(21)9-18-11(2)12-5-4-6-13(16)8-12/h4-6,8,11,18H,3,7,9-10H2,1-2H3,(H,17,20)(H,19,21)/t11-/m1/s1. The van der Waals surface area contributed by atoms with E-state index in [4.69, 9.17) is 11.6 Å². The van der Waals surface area contributed by atoms with Gasteiger partial charge in [0, 0.05) is 17.6 Å². The average molecular weight is 312 g/mol. The van der Waals surface area contributed by atoms with Crippen LogP contribution in [0, 0.1) is 0 Å². The molecule has 2 amide bonds. The van der Waals surface area contributed by atoms with Crippen molar-refractivity contribution in [3.63, 3.8) is 0 Å². The lowest BCUT2D eigenvalue weighted by atomic mass is 10.1. The zero-order chi connectivity index (χ0) is 15.7. The first-order valence-electron chi connectivity index (χ1n) is 7.05. The molecule has 0 heterocycles. The minimum atomic E-state index is -0.212. The van der Waals surface area contributed by atoms with Crippen molar-refractivity contribution < 1.29 is 9.59 Å². The van der Waals surface area contributed by atoms with Crippen LogP contribution in [0.15, 0.2) is 24.3 Å². The Morgan fingerprint density at radius 3 is 2.57 bits per heavy atom. The fraction of sp³-hybridized carbons (Fsp3) is 0.467. The number of amides is 2. The van der Waals surface area contributed by atoms with Crippen LogP contribution in [0.4, 0.5) is 0 Å². The van der Waals surface area contributed by atoms with Gasteiger partial charge in [0.2, 0.25) is 11.8 Å². The van der Waals surface area contributed by atoms with E-state index in [2.05, 4.69) is 16.0 Å². The summed E-state index contributed by atoms with van der Waals surface area (Å²) in [6.45, 7) is 4.70. The lowest BCUT2D eigenvalue weighted by Crippen LogP contribution is -2.41. The number of carbonyl (C=O) groups excluding carboxylic acids is 2. The molecule has 3 N–H and O–H groups in total. The molecular formula is C15H22ClN3O2. The molecule has 5 nitrogen and oxygen atoms in total. The summed E-state index contributed by atoms with van der Waals surface area (Å²) in [6, 6.07) is 7.48. The van der Waals surface area contributed by atoms with Crippen molar-refractivity contribution in [3.8, 4) is 0 Å². The van der Waals surface area contributed by atoms with Crippen LogP contribution in [0.3, 0.4) is 0 Å². The fourth-order valence-electron chi connectivity index (χ4n) is 1.71. The number of nitrogens with one attached hydrogen (secondary N) is 3. The highest BCUT2D eigenvalue weighted by Gasteiger charge is 2.09. The third-order valence-corrected chi connectivity index (χ3v) is 3.17. The molecule has 0 aliphatic carbocycles. The van der Waals surface area contributed by atoms with Gasteiger partial charge in [-0.05, 0) is 31.0 Å². The van der Waals surface area contributed by atoms with Crippen LogP contribution >= 0.6 is 11.6 Å². The van der Waals surface area contributed by atoms with Crippen molar-refractivity contribution in [1.82, 2.24) is 16.0 Å². The zero-order valence-corrected chi connectivity index (χ0v) is 13.2. The van der Waals surface area contributed by atoms with Crippen molar-refractivity contribution >= 4 is 23.4 Å². The van der Waals surface area contributed by atoms with E-state index >= 15 is 0 Å². The zero-order valence-electron chi connectivity index (χ0n) is 12.4. The second-order valence-electron chi connectivity index (χ2n) is 4.78. The number of hydrogen-bond donors (Lipinski definition) is 3. The number of rotatable bonds is 8. The molecule has 0 aromatic heterocycles. The van der Waals surface area contributed by atoms with Crippen LogP contribution in [0.1, 0.15) is 31.9 Å². The molecular weight excluding hydrogens is 290 g/mol. The predicted octanol–water partition coefficient (Wildman–Crippen LogP) is 1.63. The van der Waals surface area contributed by atoms with Gasteiger partial charge in [0.15, 0.2) is 0 Å². The van der Waals surface area contributed by atoms with Gasteiger partial charge in [-0.2, -0.15) is 0 Å². The van der Waals surface area contributed by atoms with E-state index < -0.39 is 0 Å². The van der Waals surface area contributed by atoms with Crippen LogP contribution in [-0.2, 0) is 9.59 Å². The van der Waals surface area contributed by atoms with E-state index in [9.17, 15) is 9.59 Å². The molecule has 21 heavy (non-hydrogen) atoms. The number of hydrogen-bond acceptors (Lipinski definition) is 3. The topological polar surface area (TPSA) is 70.2 Å². The van der Waals surface area contributed by atoms with Gasteiger partial charge in [0.1, 0.15) is 0 Å². The van der Waals surface area contributed by atoms with Crippen LogP contribution in [0.25, 0.3) is 0 Å². The van der Waals surface area contributed by atoms with Crippen molar-refractivity contribution in [2.75, 3.05) is 19.6 Å². The molecule has 0 saturated carbocycles. The predicted molar refractivity (Wildman–Crippen MR) is 84.2 cm³/mol. The first-order valence-corrected chi connectivity index (χ1v) is 7.43. The van der Waals surface area contributed by atoms with E-state index in [0.717, 1.165) is 12.0 Å². The maximum Gasteiger partial charge on any atom is 0.239 e. The smallest absolute Gasteiger partial charge is 0.239 e. The SMILES string of the molecule is CCCNC(=O)CNC(=O)CN[C@H](C)c1cccc(Cl)c1. The largest absolute Gasteiger partial charge is 0.355 e. The Balaban J connectivity index is 2.28. The highest BCUT2D eigenvalue weighted by Crippen LogP contribution is 2.16. The Bertz CT molecular complexity index is 480. The van der Waals surface area contributed by atoms with Crippen LogP contribution in [0.5, 0.6) is 0 Å². The van der Waals surface area contributed by atoms with Gasteiger partial charge in [-0.3, -0.25) is 9.59 Å². The van der Waals surface area contributed by atoms with E-state index in [1.165, 1.54) is 0 Å². The molecule has 0 unspecified atom stereocenters. The van der Waals surface area contributed by atoms with Gasteiger partial charge in [-0.15, -0.1) is 0 Å². The highest BCUT2D eigenvalue weighted by molar-refractivity contribution is 6.30. The second kappa shape index (κ2) is 9.37. The minimum Gasteiger partial charge on any atom is -0.355 e. The van der Waals surface area contributed by atoms with E-state index in [1.807, 2.05) is 32.0 Å². The molecule has 0 bridgehead atoms. The van der Waals surface area contributed by atoms with Gasteiger partial charge in [-0.1, -0.05) is 30.7 Å². The molecule has 0 aliphatic heterocycles. The first kappa shape index (κ1) is 17.5. The lowest BCUT2D eigenvalue weighted by Gasteiger charge is -2.14. The first-order chi connectivity index (χ1) is 10.0. The molecule has 0 radical (unpaired) electrons. The van der Waals surface area contributed by atoms with Gasteiger partial charge in [0.25, 0.3) is 0 Å². The Hall–Kier alpha value is -1.59. The summed E-state index contributed by atoms with van der Waals surface area (Å²) < 4.78 is 0. The molecule has 1 rings (SSSR count). The van der Waals surface area contributed by atoms with Gasteiger partial charge >= 0.3 is 0 Å². The fourth-order valence-corrected chi connectivity index (χ4v) is 1.91. The van der Waals surface area contributed by atoms with Crippen LogP contribution in [-0.4, -0.2) is 31.4 Å². The van der Waals surface area contributed by atoms with E-state index in [-0.39, 0.29) is 30.9 Å². The Labute approximate surface area is 130 Å². The summed E-state index contributed by atoms with van der Waals surface area (Å²) in [5.74, 6) is -0.386. The van der Waals surface area contributed by atoms with E-state index in [1.54, 1.807) is 6.07 Å². The van der Waals surface area contributed by atoms with Crippen molar-refractivity contribution in [2.24, 2.45) is 0 Å². The Morgan fingerprint density at radius 2 is 1.90 bits per heavy atom. The molecule has 1 atom stereocenters. The van der Waals surface area contributed by atoms with Gasteiger partial charge in [-0.25, -0.2) is 0 Å². The van der Waals surface area contributed by atoms with Crippen molar-refractivity contribution in [3.05, 3.63) is 34.9 Å². The Morgan fingerprint density at radius 1 is 1.19 bits per heavy atom. The number of benzene rings is 1. The van der Waals surface area contributed by atoms with Crippen molar-refractivity contribution in [2.45, 2.75) is 26.3 Å². The summed E-state index contributed by atoms with van der Waals surface area (Å²) in [6.07, 6.45) is 0.873. The summed E-state index contributed by atoms with van der Waals surface area (Å²) in [7, 11) is 0. The summed E-state index contributed by atoms with van der Waals surface area (Å²) in [5.41, 5.74) is 1.01. The molecule has 116 valence electrons. The number of carbonyl (C=O) groups is 2. The summed E-state index contributed by atoms with van der Waals surface area (Å²) in [5, 5.41) is 9.02. The normalized spacial score (nSPS) is 11.8. The maximum absolute atomic E-state index is 11.6. The maximum atomic E-state index is 11.6. The molecule has 0 fully saturated rings.